The first-order valence-corrected chi connectivity index (χ1v) is 11.8. The van der Waals surface area contributed by atoms with Crippen molar-refractivity contribution in [3.05, 3.63) is 99.9 Å². The summed E-state index contributed by atoms with van der Waals surface area (Å²) in [5, 5.41) is 24.7. The van der Waals surface area contributed by atoms with E-state index in [1.165, 1.54) is 61.7 Å². The number of rotatable bonds is 7. The summed E-state index contributed by atoms with van der Waals surface area (Å²) >= 11 is 0. The summed E-state index contributed by atoms with van der Waals surface area (Å²) in [7, 11) is 0. The maximum atomic E-state index is 13.9. The van der Waals surface area contributed by atoms with Crippen LogP contribution in [-0.2, 0) is 20.8 Å². The number of carbonyl (C=O) groups is 4. The Morgan fingerprint density at radius 3 is 2.29 bits per heavy atom. The molecule has 3 aromatic rings. The van der Waals surface area contributed by atoms with Crippen LogP contribution in [0.15, 0.2) is 72.9 Å². The van der Waals surface area contributed by atoms with Gasteiger partial charge in [-0.05, 0) is 48.9 Å². The molecule has 2 amide bonds. The minimum atomic E-state index is -1.90. The van der Waals surface area contributed by atoms with Crippen LogP contribution in [0.5, 0.6) is 0 Å². The number of aliphatic carboxylic acids is 1. The van der Waals surface area contributed by atoms with E-state index in [-0.39, 0.29) is 23.6 Å². The molecule has 0 saturated carbocycles. The lowest BCUT2D eigenvalue weighted by Gasteiger charge is -2.31. The van der Waals surface area contributed by atoms with Gasteiger partial charge in [0.25, 0.3) is 5.69 Å². The number of ketones is 1. The highest BCUT2D eigenvalue weighted by atomic mass is 16.6. The van der Waals surface area contributed by atoms with Gasteiger partial charge in [-0.1, -0.05) is 18.2 Å². The Labute approximate surface area is 216 Å². The van der Waals surface area contributed by atoms with Gasteiger partial charge in [0.15, 0.2) is 5.78 Å². The van der Waals surface area contributed by atoms with Crippen LogP contribution in [0.1, 0.15) is 34.6 Å². The second kappa shape index (κ2) is 9.27. The lowest BCUT2D eigenvalue weighted by atomic mass is 9.76. The van der Waals surface area contributed by atoms with E-state index in [4.69, 9.17) is 0 Å². The number of non-ortho nitro benzene ring substituents is 1. The number of carboxylic acid groups (broad SMARTS) is 1. The second-order valence-corrected chi connectivity index (χ2v) is 9.37. The normalized spacial score (nSPS) is 24.3. The molecule has 0 bridgehead atoms. The van der Waals surface area contributed by atoms with Gasteiger partial charge >= 0.3 is 5.97 Å². The number of imide groups is 1. The Morgan fingerprint density at radius 1 is 1.05 bits per heavy atom. The zero-order chi connectivity index (χ0) is 27.2. The fraction of sp³-hybridized carbons (Fsp3) is 0.222. The Balaban J connectivity index is 1.61. The monoisotopic (exact) mass is 514 g/mol. The maximum Gasteiger partial charge on any atom is 0.325 e. The van der Waals surface area contributed by atoms with Crippen molar-refractivity contribution >= 4 is 34.9 Å². The molecular weight excluding hydrogens is 492 g/mol. The van der Waals surface area contributed by atoms with Crippen molar-refractivity contribution in [3.8, 4) is 0 Å². The number of hydrogen-bond donors (Lipinski definition) is 2. The average Bonchev–Trinajstić information content (AvgIpc) is 3.39. The van der Waals surface area contributed by atoms with Crippen LogP contribution in [-0.4, -0.2) is 44.1 Å². The number of Topliss-reactive ketones (excluding diaryl/α,β-unsaturated/α-hetero) is 1. The van der Waals surface area contributed by atoms with Gasteiger partial charge in [0.2, 0.25) is 11.8 Å². The van der Waals surface area contributed by atoms with E-state index in [0.717, 1.165) is 4.90 Å². The third kappa shape index (κ3) is 3.93. The molecule has 2 saturated heterocycles. The number of fused-ring (bicyclic) bond motifs is 1. The van der Waals surface area contributed by atoms with Gasteiger partial charge in [-0.3, -0.25) is 39.6 Å². The van der Waals surface area contributed by atoms with Crippen LogP contribution < -0.4 is 10.2 Å². The molecule has 11 nitrogen and oxygen atoms in total. The summed E-state index contributed by atoms with van der Waals surface area (Å²) in [6.45, 7) is 1.40. The molecule has 0 aliphatic carbocycles. The van der Waals surface area contributed by atoms with E-state index in [9.17, 15) is 34.4 Å². The van der Waals surface area contributed by atoms with Crippen molar-refractivity contribution in [1.82, 2.24) is 10.3 Å². The molecule has 4 atom stereocenters. The van der Waals surface area contributed by atoms with Crippen molar-refractivity contribution in [3.63, 3.8) is 0 Å². The molecule has 38 heavy (non-hydrogen) atoms. The highest BCUT2D eigenvalue weighted by Gasteiger charge is 2.68. The number of nitro groups is 1. The standard InChI is InChI=1S/C27H22N4O7/c1-15(32)17-7-11-18(12-8-17)30-24(33)21-22(25(30)34)27(26(35)36,29-23(21)20-4-2-3-13-28-20)14-16-5-9-19(10-6-16)31(37)38/h2-13,21-23,29H,14H2,1H3,(H,35,36). The van der Waals surface area contributed by atoms with Crippen molar-refractivity contribution in [1.29, 1.82) is 0 Å². The highest BCUT2D eigenvalue weighted by Crippen LogP contribution is 2.50. The number of anilines is 1. The SMILES string of the molecule is CC(=O)c1ccc(N2C(=O)C3C(c4ccccn4)NC(Cc4ccc([N+](=O)[O-])cc4)(C(=O)O)C3C2=O)cc1. The first-order valence-electron chi connectivity index (χ1n) is 11.8. The average molecular weight is 514 g/mol. The molecule has 0 spiro atoms. The molecular formula is C27H22N4O7. The first-order chi connectivity index (χ1) is 18.1. The van der Waals surface area contributed by atoms with E-state index in [1.54, 1.807) is 18.2 Å². The van der Waals surface area contributed by atoms with E-state index < -0.39 is 46.1 Å². The number of nitrogens with one attached hydrogen (secondary N) is 1. The number of carbonyl (C=O) groups excluding carboxylic acids is 3. The molecule has 2 fully saturated rings. The topological polar surface area (TPSA) is 160 Å². The van der Waals surface area contributed by atoms with Crippen molar-refractivity contribution < 1.29 is 29.2 Å². The predicted octanol–water partition coefficient (Wildman–Crippen LogP) is 2.71. The number of nitrogens with zero attached hydrogens (tertiary/aromatic N) is 3. The molecule has 3 heterocycles. The smallest absolute Gasteiger partial charge is 0.325 e. The summed E-state index contributed by atoms with van der Waals surface area (Å²) in [6, 6.07) is 15.5. The fourth-order valence-corrected chi connectivity index (χ4v) is 5.41. The first kappa shape index (κ1) is 24.9. The molecule has 4 unspecified atom stereocenters. The van der Waals surface area contributed by atoms with E-state index >= 15 is 0 Å². The Bertz CT molecular complexity index is 1460. The fourth-order valence-electron chi connectivity index (χ4n) is 5.41. The van der Waals surface area contributed by atoms with Crippen molar-refractivity contribution in [2.45, 2.75) is 24.9 Å². The molecule has 0 radical (unpaired) electrons. The summed E-state index contributed by atoms with van der Waals surface area (Å²) < 4.78 is 0. The van der Waals surface area contributed by atoms with E-state index in [0.29, 0.717) is 16.8 Å². The Hall–Kier alpha value is -4.77. The summed E-state index contributed by atoms with van der Waals surface area (Å²) in [5.41, 5.74) is -0.578. The summed E-state index contributed by atoms with van der Waals surface area (Å²) in [5.74, 6) is -5.14. The molecule has 2 N–H and O–H groups in total. The van der Waals surface area contributed by atoms with Crippen LogP contribution in [0.3, 0.4) is 0 Å². The van der Waals surface area contributed by atoms with E-state index in [1.807, 2.05) is 0 Å². The molecule has 11 heteroatoms. The second-order valence-electron chi connectivity index (χ2n) is 9.37. The molecule has 2 aromatic carbocycles. The lowest BCUT2D eigenvalue weighted by Crippen LogP contribution is -2.57. The zero-order valence-electron chi connectivity index (χ0n) is 20.1. The van der Waals surface area contributed by atoms with Crippen LogP contribution in [0, 0.1) is 22.0 Å². The Morgan fingerprint density at radius 2 is 1.74 bits per heavy atom. The predicted molar refractivity (Wildman–Crippen MR) is 133 cm³/mol. The zero-order valence-corrected chi connectivity index (χ0v) is 20.1. The summed E-state index contributed by atoms with van der Waals surface area (Å²) in [6.07, 6.45) is 1.31. The lowest BCUT2D eigenvalue weighted by molar-refractivity contribution is -0.384. The van der Waals surface area contributed by atoms with Crippen LogP contribution in [0.4, 0.5) is 11.4 Å². The quantitative estimate of drug-likeness (QED) is 0.209. The van der Waals surface area contributed by atoms with Crippen LogP contribution >= 0.6 is 0 Å². The van der Waals surface area contributed by atoms with Gasteiger partial charge in [0, 0.05) is 30.3 Å². The van der Waals surface area contributed by atoms with Gasteiger partial charge in [-0.15, -0.1) is 0 Å². The van der Waals surface area contributed by atoms with Crippen molar-refractivity contribution in [2.75, 3.05) is 4.90 Å². The van der Waals surface area contributed by atoms with Crippen molar-refractivity contribution in [2.24, 2.45) is 11.8 Å². The number of benzene rings is 2. The molecule has 2 aliphatic heterocycles. The van der Waals surface area contributed by atoms with Gasteiger partial charge in [-0.2, -0.15) is 0 Å². The largest absolute Gasteiger partial charge is 0.480 e. The number of nitro benzene ring substituents is 1. The van der Waals surface area contributed by atoms with Crippen LogP contribution in [0.25, 0.3) is 0 Å². The maximum absolute atomic E-state index is 13.9. The number of carboxylic acids is 1. The molecule has 5 rings (SSSR count). The minimum Gasteiger partial charge on any atom is -0.480 e. The number of amides is 2. The number of hydrogen-bond acceptors (Lipinski definition) is 8. The Kier molecular flexibility index (Phi) is 6.08. The minimum absolute atomic E-state index is 0.158. The van der Waals surface area contributed by atoms with Gasteiger partial charge < -0.3 is 5.11 Å². The van der Waals surface area contributed by atoms with Gasteiger partial charge in [0.05, 0.1) is 34.2 Å². The van der Waals surface area contributed by atoms with Crippen LogP contribution in [0.2, 0.25) is 0 Å². The van der Waals surface area contributed by atoms with Gasteiger partial charge in [-0.25, -0.2) is 4.90 Å². The third-order valence-electron chi connectivity index (χ3n) is 7.20. The summed E-state index contributed by atoms with van der Waals surface area (Å²) in [4.78, 5) is 68.1. The molecule has 1 aromatic heterocycles. The number of pyridine rings is 1. The molecule has 2 aliphatic rings. The third-order valence-corrected chi connectivity index (χ3v) is 7.20. The molecule has 192 valence electrons. The number of aromatic nitrogens is 1. The highest BCUT2D eigenvalue weighted by molar-refractivity contribution is 6.24. The van der Waals surface area contributed by atoms with Gasteiger partial charge in [0.1, 0.15) is 5.54 Å². The van der Waals surface area contributed by atoms with E-state index in [2.05, 4.69) is 10.3 Å².